The molecular formula is C24H51NO7Si. The van der Waals surface area contributed by atoms with Crippen molar-refractivity contribution in [3.8, 4) is 0 Å². The number of nitrogens with zero attached hydrogens (tertiary/aromatic N) is 1. The number of carbonyl (C=O) groups excluding carboxylic acids is 1. The van der Waals surface area contributed by atoms with Crippen LogP contribution < -0.4 is 0 Å². The van der Waals surface area contributed by atoms with E-state index in [9.17, 15) is 4.79 Å². The Morgan fingerprint density at radius 3 is 1.94 bits per heavy atom. The lowest BCUT2D eigenvalue weighted by atomic mass is 9.87. The van der Waals surface area contributed by atoms with Crippen molar-refractivity contribution in [1.29, 1.82) is 0 Å². The van der Waals surface area contributed by atoms with Gasteiger partial charge < -0.3 is 23.4 Å². The van der Waals surface area contributed by atoms with Crippen LogP contribution in [0.1, 0.15) is 54.4 Å². The molecule has 9 heteroatoms. The molecular weight excluding hydrogens is 442 g/mol. The van der Waals surface area contributed by atoms with Crippen LogP contribution in [0.4, 0.5) is 0 Å². The number of hydrogen-bond donors (Lipinski definition) is 0. The highest BCUT2D eigenvalue weighted by molar-refractivity contribution is 6.74. The maximum absolute atomic E-state index is 12.6. The first-order valence-corrected chi connectivity index (χ1v) is 14.8. The summed E-state index contributed by atoms with van der Waals surface area (Å²) in [4.78, 5) is 17.7. The van der Waals surface area contributed by atoms with Gasteiger partial charge in [0.1, 0.15) is 13.6 Å². The number of carbonyl (C=O) groups is 1. The minimum absolute atomic E-state index is 0.0366. The van der Waals surface area contributed by atoms with Crippen LogP contribution in [0, 0.1) is 17.8 Å². The first-order chi connectivity index (χ1) is 15.2. The quantitative estimate of drug-likeness (QED) is 0.165. The fraction of sp³-hybridized carbons (Fsp3) is 0.958. The Hall–Kier alpha value is -0.553. The van der Waals surface area contributed by atoms with Crippen LogP contribution in [0.2, 0.25) is 18.1 Å². The van der Waals surface area contributed by atoms with E-state index in [1.807, 2.05) is 6.92 Å². The number of hydroxylamine groups is 2. The van der Waals surface area contributed by atoms with E-state index in [2.05, 4.69) is 47.7 Å². The Balaban J connectivity index is 5.24. The van der Waals surface area contributed by atoms with Crippen molar-refractivity contribution in [1.82, 2.24) is 5.06 Å². The molecule has 8 nitrogen and oxygen atoms in total. The number of methoxy groups -OCH3 is 2. The first-order valence-electron chi connectivity index (χ1n) is 11.9. The van der Waals surface area contributed by atoms with Gasteiger partial charge in [-0.3, -0.25) is 9.63 Å². The van der Waals surface area contributed by atoms with Crippen molar-refractivity contribution >= 4 is 14.2 Å². The van der Waals surface area contributed by atoms with Crippen molar-refractivity contribution in [3.63, 3.8) is 0 Å². The Labute approximate surface area is 203 Å². The highest BCUT2D eigenvalue weighted by Gasteiger charge is 2.38. The SMILES string of the molecule is COCO[C@@H]([C@@H](C)CC[C@H](OCOC)[C@@H](C)C(=O)N(C)OC)[C@@H](C)CO[Si](C)(C)C(C)(C)C. The number of amides is 1. The lowest BCUT2D eigenvalue weighted by Gasteiger charge is -2.38. The fourth-order valence-electron chi connectivity index (χ4n) is 3.45. The van der Waals surface area contributed by atoms with Gasteiger partial charge in [-0.25, -0.2) is 5.06 Å². The Bertz CT molecular complexity index is 541. The third-order valence-corrected chi connectivity index (χ3v) is 11.4. The van der Waals surface area contributed by atoms with Gasteiger partial charge in [-0.2, -0.15) is 0 Å². The topological polar surface area (TPSA) is 75.7 Å². The van der Waals surface area contributed by atoms with Gasteiger partial charge in [0.25, 0.3) is 5.91 Å². The predicted molar refractivity (Wildman–Crippen MR) is 133 cm³/mol. The second-order valence-electron chi connectivity index (χ2n) is 10.6. The number of rotatable bonds is 17. The molecule has 0 N–H and O–H groups in total. The van der Waals surface area contributed by atoms with Crippen LogP contribution in [0.5, 0.6) is 0 Å². The van der Waals surface area contributed by atoms with Gasteiger partial charge in [0, 0.05) is 33.8 Å². The molecule has 0 bridgehead atoms. The molecule has 33 heavy (non-hydrogen) atoms. The molecule has 1 amide bonds. The summed E-state index contributed by atoms with van der Waals surface area (Å²) in [6.07, 6.45) is 1.18. The smallest absolute Gasteiger partial charge is 0.251 e. The molecule has 5 atom stereocenters. The molecule has 0 aliphatic carbocycles. The molecule has 0 fully saturated rings. The summed E-state index contributed by atoms with van der Waals surface area (Å²) >= 11 is 0. The fourth-order valence-corrected chi connectivity index (χ4v) is 4.56. The standard InChI is InChI=1S/C24H51NO7Si/c1-18(13-14-21(30-16-27-8)20(3)23(26)25(7)29-10)22(31-17-28-9)19(2)15-32-33(11,12)24(4,5)6/h18-22H,13-17H2,1-12H3/t18-,19-,20+,21-,22-/m0/s1. The third kappa shape index (κ3) is 11.2. The Kier molecular flexibility index (Phi) is 15.2. The number of hydrogen-bond acceptors (Lipinski definition) is 7. The molecule has 0 aromatic heterocycles. The van der Waals surface area contributed by atoms with Crippen LogP contribution in [-0.2, 0) is 33.0 Å². The highest BCUT2D eigenvalue weighted by Crippen LogP contribution is 2.37. The van der Waals surface area contributed by atoms with Crippen molar-refractivity contribution in [3.05, 3.63) is 0 Å². The van der Waals surface area contributed by atoms with Crippen molar-refractivity contribution < 1.29 is 33.0 Å². The molecule has 0 rings (SSSR count). The summed E-state index contributed by atoms with van der Waals surface area (Å²) in [6.45, 7) is 18.5. The minimum Gasteiger partial charge on any atom is -0.416 e. The molecule has 0 heterocycles. The van der Waals surface area contributed by atoms with E-state index in [0.717, 1.165) is 6.42 Å². The lowest BCUT2D eigenvalue weighted by Crippen LogP contribution is -2.44. The van der Waals surface area contributed by atoms with Crippen molar-refractivity contribution in [2.75, 3.05) is 48.6 Å². The van der Waals surface area contributed by atoms with Gasteiger partial charge in [0.2, 0.25) is 0 Å². The van der Waals surface area contributed by atoms with Gasteiger partial charge in [-0.15, -0.1) is 0 Å². The van der Waals surface area contributed by atoms with Crippen LogP contribution in [0.15, 0.2) is 0 Å². The maximum atomic E-state index is 12.6. The molecule has 0 radical (unpaired) electrons. The van der Waals surface area contributed by atoms with E-state index >= 15 is 0 Å². The van der Waals surface area contributed by atoms with E-state index in [1.54, 1.807) is 21.3 Å². The molecule has 0 aliphatic rings. The molecule has 0 aromatic rings. The highest BCUT2D eigenvalue weighted by atomic mass is 28.4. The molecule has 0 spiro atoms. The van der Waals surface area contributed by atoms with Crippen LogP contribution in [0.3, 0.4) is 0 Å². The maximum Gasteiger partial charge on any atom is 0.251 e. The second kappa shape index (κ2) is 15.4. The zero-order valence-electron chi connectivity index (χ0n) is 23.2. The molecule has 0 aliphatic heterocycles. The molecule has 198 valence electrons. The average molecular weight is 494 g/mol. The average Bonchev–Trinajstić information content (AvgIpc) is 2.75. The monoisotopic (exact) mass is 493 g/mol. The van der Waals surface area contributed by atoms with E-state index in [1.165, 1.54) is 12.2 Å². The minimum atomic E-state index is -1.85. The molecule has 0 aromatic carbocycles. The van der Waals surface area contributed by atoms with Crippen LogP contribution in [0.25, 0.3) is 0 Å². The largest absolute Gasteiger partial charge is 0.416 e. The Morgan fingerprint density at radius 2 is 1.45 bits per heavy atom. The predicted octanol–water partition coefficient (Wildman–Crippen LogP) is 4.69. The summed E-state index contributed by atoms with van der Waals surface area (Å²) in [5.41, 5.74) is 0. The van der Waals surface area contributed by atoms with Gasteiger partial charge in [0.05, 0.1) is 25.2 Å². The third-order valence-electron chi connectivity index (χ3n) is 6.85. The van der Waals surface area contributed by atoms with E-state index < -0.39 is 8.32 Å². The summed E-state index contributed by atoms with van der Waals surface area (Å²) in [7, 11) is 4.44. The molecule has 0 saturated carbocycles. The molecule has 0 unspecified atom stereocenters. The summed E-state index contributed by atoms with van der Waals surface area (Å²) in [5.74, 6) is -0.0832. The zero-order chi connectivity index (χ0) is 25.8. The van der Waals surface area contributed by atoms with Crippen LogP contribution >= 0.6 is 0 Å². The summed E-state index contributed by atoms with van der Waals surface area (Å²) in [6, 6.07) is 0. The van der Waals surface area contributed by atoms with E-state index in [0.29, 0.717) is 13.0 Å². The van der Waals surface area contributed by atoms with E-state index in [4.69, 9.17) is 28.2 Å². The molecule has 0 saturated heterocycles. The van der Waals surface area contributed by atoms with Crippen LogP contribution in [-0.4, -0.2) is 80.1 Å². The second-order valence-corrected chi connectivity index (χ2v) is 15.4. The van der Waals surface area contributed by atoms with Gasteiger partial charge in [0.15, 0.2) is 8.32 Å². The summed E-state index contributed by atoms with van der Waals surface area (Å²) in [5, 5.41) is 1.40. The van der Waals surface area contributed by atoms with Gasteiger partial charge in [-0.05, 0) is 36.9 Å². The van der Waals surface area contributed by atoms with Crippen molar-refractivity contribution in [2.24, 2.45) is 17.8 Å². The first kappa shape index (κ1) is 32.4. The van der Waals surface area contributed by atoms with Crippen molar-refractivity contribution in [2.45, 2.75) is 84.7 Å². The normalized spacial score (nSPS) is 17.3. The van der Waals surface area contributed by atoms with Gasteiger partial charge in [-0.1, -0.05) is 41.5 Å². The number of ether oxygens (including phenoxy) is 4. The summed E-state index contributed by atoms with van der Waals surface area (Å²) < 4.78 is 28.7. The van der Waals surface area contributed by atoms with Gasteiger partial charge >= 0.3 is 0 Å². The lowest BCUT2D eigenvalue weighted by molar-refractivity contribution is -0.181. The Morgan fingerprint density at radius 1 is 0.909 bits per heavy atom. The van der Waals surface area contributed by atoms with E-state index in [-0.39, 0.29) is 54.5 Å². The zero-order valence-corrected chi connectivity index (χ0v) is 24.2.